The number of nitrogens with zero attached hydrogens (tertiary/aromatic N) is 1. The lowest BCUT2D eigenvalue weighted by Gasteiger charge is -2.13. The number of anilines is 1. The zero-order chi connectivity index (χ0) is 17.1. The van der Waals surface area contributed by atoms with Gasteiger partial charge in [-0.3, -0.25) is 5.43 Å². The molecule has 0 spiro atoms. The topological polar surface area (TPSA) is 54.9 Å². The van der Waals surface area contributed by atoms with Crippen molar-refractivity contribution in [3.63, 3.8) is 0 Å². The lowest BCUT2D eigenvalue weighted by atomic mass is 10.1. The van der Waals surface area contributed by atoms with Crippen LogP contribution in [0, 0.1) is 13.8 Å². The Hall–Kier alpha value is -2.60. The number of fused-ring (bicyclic) bond motifs is 1. The maximum Gasteiger partial charge on any atom is 0.231 e. The number of hydrogen-bond donors (Lipinski definition) is 2. The summed E-state index contributed by atoms with van der Waals surface area (Å²) in [5, 5.41) is 7.99. The molecule has 0 bridgehead atoms. The quantitative estimate of drug-likeness (QED) is 0.506. The van der Waals surface area contributed by atoms with E-state index in [2.05, 4.69) is 15.8 Å². The highest BCUT2D eigenvalue weighted by Gasteiger charge is 2.14. The highest BCUT2D eigenvalue weighted by atomic mass is 32.1. The number of thiocarbonyl (C=S) groups is 1. The standard InChI is InChI=1S/C18H19N3O2S/c1-11-5-4-6-12(2)17(11)19-18(24)21-20-13(3)14-7-8-15-16(9-14)23-10-22-15/h4-9H,10H2,1-3H3,(H2,19,21,24)/b20-13-. The van der Waals surface area contributed by atoms with Gasteiger partial charge in [0.25, 0.3) is 0 Å². The van der Waals surface area contributed by atoms with Crippen LogP contribution in [0.15, 0.2) is 41.5 Å². The Bertz CT molecular complexity index is 798. The zero-order valence-electron chi connectivity index (χ0n) is 13.8. The van der Waals surface area contributed by atoms with E-state index in [1.54, 1.807) is 0 Å². The molecule has 0 aromatic heterocycles. The fourth-order valence-electron chi connectivity index (χ4n) is 2.47. The van der Waals surface area contributed by atoms with Crippen molar-refractivity contribution in [3.05, 3.63) is 53.1 Å². The van der Waals surface area contributed by atoms with E-state index in [0.717, 1.165) is 39.6 Å². The van der Waals surface area contributed by atoms with Crippen LogP contribution in [0.1, 0.15) is 23.6 Å². The number of hydrogen-bond acceptors (Lipinski definition) is 4. The summed E-state index contributed by atoms with van der Waals surface area (Å²) < 4.78 is 10.7. The Morgan fingerprint density at radius 3 is 2.54 bits per heavy atom. The summed E-state index contributed by atoms with van der Waals surface area (Å²) >= 11 is 5.33. The monoisotopic (exact) mass is 341 g/mol. The Morgan fingerprint density at radius 2 is 1.79 bits per heavy atom. The van der Waals surface area contributed by atoms with Crippen LogP contribution in [-0.4, -0.2) is 17.6 Å². The number of rotatable bonds is 3. The highest BCUT2D eigenvalue weighted by Crippen LogP contribution is 2.32. The molecule has 1 heterocycles. The van der Waals surface area contributed by atoms with Crippen LogP contribution in [-0.2, 0) is 0 Å². The maximum atomic E-state index is 5.38. The molecular weight excluding hydrogens is 322 g/mol. The average molecular weight is 341 g/mol. The van der Waals surface area contributed by atoms with Gasteiger partial charge in [-0.05, 0) is 62.3 Å². The van der Waals surface area contributed by atoms with Crippen molar-refractivity contribution in [2.45, 2.75) is 20.8 Å². The Labute approximate surface area is 146 Å². The maximum absolute atomic E-state index is 5.38. The number of nitrogens with one attached hydrogen (secondary N) is 2. The van der Waals surface area contributed by atoms with Crippen molar-refractivity contribution >= 4 is 28.7 Å². The van der Waals surface area contributed by atoms with Crippen LogP contribution >= 0.6 is 12.2 Å². The summed E-state index contributed by atoms with van der Waals surface area (Å²) in [7, 11) is 0. The molecule has 24 heavy (non-hydrogen) atoms. The van der Waals surface area contributed by atoms with Gasteiger partial charge in [-0.1, -0.05) is 18.2 Å². The van der Waals surface area contributed by atoms with Crippen molar-refractivity contribution in [1.82, 2.24) is 5.43 Å². The molecule has 0 unspecified atom stereocenters. The summed E-state index contributed by atoms with van der Waals surface area (Å²) in [6.45, 7) is 6.25. The van der Waals surface area contributed by atoms with E-state index >= 15 is 0 Å². The molecule has 0 aliphatic carbocycles. The molecule has 2 aromatic carbocycles. The third-order valence-corrected chi connectivity index (χ3v) is 4.03. The first-order valence-corrected chi connectivity index (χ1v) is 8.03. The summed E-state index contributed by atoms with van der Waals surface area (Å²) in [5.74, 6) is 1.49. The first-order chi connectivity index (χ1) is 11.5. The Morgan fingerprint density at radius 1 is 1.08 bits per heavy atom. The van der Waals surface area contributed by atoms with E-state index in [0.29, 0.717) is 5.11 Å². The minimum Gasteiger partial charge on any atom is -0.454 e. The molecule has 0 saturated carbocycles. The number of aryl methyl sites for hydroxylation is 2. The van der Waals surface area contributed by atoms with Gasteiger partial charge in [0.2, 0.25) is 6.79 Å². The van der Waals surface area contributed by atoms with Gasteiger partial charge >= 0.3 is 0 Å². The van der Waals surface area contributed by atoms with E-state index in [4.69, 9.17) is 21.7 Å². The van der Waals surface area contributed by atoms with Crippen LogP contribution in [0.3, 0.4) is 0 Å². The van der Waals surface area contributed by atoms with E-state index in [1.807, 2.05) is 57.2 Å². The lowest BCUT2D eigenvalue weighted by molar-refractivity contribution is 0.174. The second-order valence-electron chi connectivity index (χ2n) is 5.60. The molecule has 0 fully saturated rings. The second kappa shape index (κ2) is 6.88. The third kappa shape index (κ3) is 3.49. The fraction of sp³-hybridized carbons (Fsp3) is 0.222. The molecule has 3 rings (SSSR count). The van der Waals surface area contributed by atoms with Crippen molar-refractivity contribution in [1.29, 1.82) is 0 Å². The number of hydrazone groups is 1. The molecule has 1 aliphatic rings. The van der Waals surface area contributed by atoms with Crippen molar-refractivity contribution in [3.8, 4) is 11.5 Å². The molecular formula is C18H19N3O2S. The van der Waals surface area contributed by atoms with E-state index in [1.165, 1.54) is 0 Å². The molecule has 0 saturated heterocycles. The SMILES string of the molecule is C/C(=N/NC(=S)Nc1c(C)cccc1C)c1ccc2c(c1)OCO2. The summed E-state index contributed by atoms with van der Waals surface area (Å²) in [4.78, 5) is 0. The molecule has 2 aromatic rings. The van der Waals surface area contributed by atoms with Crippen LogP contribution in [0.2, 0.25) is 0 Å². The van der Waals surface area contributed by atoms with Gasteiger partial charge in [-0.2, -0.15) is 5.10 Å². The third-order valence-electron chi connectivity index (χ3n) is 3.84. The van der Waals surface area contributed by atoms with Gasteiger partial charge in [-0.15, -0.1) is 0 Å². The van der Waals surface area contributed by atoms with Gasteiger partial charge < -0.3 is 14.8 Å². The molecule has 1 aliphatic heterocycles. The van der Waals surface area contributed by atoms with E-state index in [9.17, 15) is 0 Å². The van der Waals surface area contributed by atoms with Gasteiger partial charge in [-0.25, -0.2) is 0 Å². The summed E-state index contributed by atoms with van der Waals surface area (Å²) in [6, 6.07) is 11.8. The summed E-state index contributed by atoms with van der Waals surface area (Å²) in [6.07, 6.45) is 0. The van der Waals surface area contributed by atoms with Crippen molar-refractivity contribution in [2.24, 2.45) is 5.10 Å². The van der Waals surface area contributed by atoms with Crippen LogP contribution in [0.5, 0.6) is 11.5 Å². The zero-order valence-corrected chi connectivity index (χ0v) is 14.7. The molecule has 6 heteroatoms. The second-order valence-corrected chi connectivity index (χ2v) is 6.01. The number of para-hydroxylation sites is 1. The normalized spacial score (nSPS) is 12.9. The number of benzene rings is 2. The molecule has 2 N–H and O–H groups in total. The van der Waals surface area contributed by atoms with Gasteiger partial charge in [0, 0.05) is 11.3 Å². The van der Waals surface area contributed by atoms with Crippen molar-refractivity contribution < 1.29 is 9.47 Å². The summed E-state index contributed by atoms with van der Waals surface area (Å²) in [5.41, 5.74) is 7.91. The van der Waals surface area contributed by atoms with Crippen LogP contribution in [0.4, 0.5) is 5.69 Å². The predicted molar refractivity (Wildman–Crippen MR) is 100 cm³/mol. The van der Waals surface area contributed by atoms with E-state index in [-0.39, 0.29) is 6.79 Å². The Kier molecular flexibility index (Phi) is 4.66. The molecule has 124 valence electrons. The smallest absolute Gasteiger partial charge is 0.231 e. The lowest BCUT2D eigenvalue weighted by Crippen LogP contribution is -2.25. The van der Waals surface area contributed by atoms with Gasteiger partial charge in [0.15, 0.2) is 16.6 Å². The highest BCUT2D eigenvalue weighted by molar-refractivity contribution is 7.80. The predicted octanol–water partition coefficient (Wildman–Crippen LogP) is 3.74. The van der Waals surface area contributed by atoms with Gasteiger partial charge in [0.05, 0.1) is 5.71 Å². The molecule has 0 atom stereocenters. The molecule has 5 nitrogen and oxygen atoms in total. The van der Waals surface area contributed by atoms with Gasteiger partial charge in [0.1, 0.15) is 0 Å². The largest absolute Gasteiger partial charge is 0.454 e. The fourth-order valence-corrected chi connectivity index (χ4v) is 2.62. The number of ether oxygens (including phenoxy) is 2. The minimum atomic E-state index is 0.261. The van der Waals surface area contributed by atoms with Crippen molar-refractivity contribution in [2.75, 3.05) is 12.1 Å². The minimum absolute atomic E-state index is 0.261. The van der Waals surface area contributed by atoms with Crippen LogP contribution in [0.25, 0.3) is 0 Å². The average Bonchev–Trinajstić information content (AvgIpc) is 3.03. The Balaban J connectivity index is 1.67. The molecule has 0 radical (unpaired) electrons. The first kappa shape index (κ1) is 16.3. The van der Waals surface area contributed by atoms with E-state index < -0.39 is 0 Å². The van der Waals surface area contributed by atoms with Crippen LogP contribution < -0.4 is 20.2 Å². The first-order valence-electron chi connectivity index (χ1n) is 7.62. The molecule has 0 amide bonds.